The lowest BCUT2D eigenvalue weighted by molar-refractivity contribution is -0.896. The SMILES string of the molecule is CCCCCCCCCCCCCCCCC(CC)[N+](C)(C)C.[Cl-]. The molecule has 2 heteroatoms. The van der Waals surface area contributed by atoms with E-state index in [1.165, 1.54) is 103 Å². The van der Waals surface area contributed by atoms with Crippen LogP contribution in [-0.4, -0.2) is 31.7 Å². The Morgan fingerprint density at radius 2 is 0.875 bits per heavy atom. The van der Waals surface area contributed by atoms with E-state index in [-0.39, 0.29) is 12.4 Å². The lowest BCUT2D eigenvalue weighted by atomic mass is 10.0. The van der Waals surface area contributed by atoms with Gasteiger partial charge in [-0.25, -0.2) is 0 Å². The molecule has 0 aliphatic heterocycles. The Balaban J connectivity index is 0. The van der Waals surface area contributed by atoms with Crippen molar-refractivity contribution in [3.8, 4) is 0 Å². The van der Waals surface area contributed by atoms with Crippen LogP contribution >= 0.6 is 0 Å². The van der Waals surface area contributed by atoms with Gasteiger partial charge in [-0.05, 0) is 19.3 Å². The van der Waals surface area contributed by atoms with Crippen molar-refractivity contribution in [1.82, 2.24) is 0 Å². The van der Waals surface area contributed by atoms with Crippen LogP contribution in [0.3, 0.4) is 0 Å². The average molecular weight is 362 g/mol. The Kier molecular flexibility index (Phi) is 19.9. The van der Waals surface area contributed by atoms with Gasteiger partial charge >= 0.3 is 0 Å². The topological polar surface area (TPSA) is 0 Å². The molecule has 0 radical (unpaired) electrons. The van der Waals surface area contributed by atoms with Crippen molar-refractivity contribution in [1.29, 1.82) is 0 Å². The molecule has 0 spiro atoms. The van der Waals surface area contributed by atoms with Crippen molar-refractivity contribution in [2.75, 3.05) is 21.1 Å². The zero-order chi connectivity index (χ0) is 17.4. The maximum Gasteiger partial charge on any atom is 0.0881 e. The van der Waals surface area contributed by atoms with E-state index in [4.69, 9.17) is 0 Å². The van der Waals surface area contributed by atoms with E-state index in [2.05, 4.69) is 35.0 Å². The number of nitrogens with zero attached hydrogens (tertiary/aromatic N) is 1. The predicted molar refractivity (Wildman–Crippen MR) is 107 cm³/mol. The minimum absolute atomic E-state index is 0. The molecule has 0 amide bonds. The van der Waals surface area contributed by atoms with Gasteiger partial charge in [-0.1, -0.05) is 97.3 Å². The molecule has 0 aromatic heterocycles. The van der Waals surface area contributed by atoms with Gasteiger partial charge in [-0.3, -0.25) is 0 Å². The van der Waals surface area contributed by atoms with Gasteiger partial charge in [0.2, 0.25) is 0 Å². The van der Waals surface area contributed by atoms with Gasteiger partial charge in [-0.15, -0.1) is 0 Å². The summed E-state index contributed by atoms with van der Waals surface area (Å²) in [5.41, 5.74) is 0. The Hall–Kier alpha value is 0.250. The molecule has 1 nitrogen and oxygen atoms in total. The molecule has 0 aliphatic rings. The molecular weight excluding hydrogens is 314 g/mol. The third-order valence-electron chi connectivity index (χ3n) is 5.46. The molecule has 0 aromatic rings. The number of hydrogen-bond acceptors (Lipinski definition) is 0. The van der Waals surface area contributed by atoms with E-state index in [9.17, 15) is 0 Å². The zero-order valence-electron chi connectivity index (χ0n) is 17.7. The monoisotopic (exact) mass is 361 g/mol. The normalized spacial score (nSPS) is 12.9. The van der Waals surface area contributed by atoms with Crippen molar-refractivity contribution in [3.05, 3.63) is 0 Å². The first-order valence-electron chi connectivity index (χ1n) is 10.8. The maximum atomic E-state index is 2.35. The second-order valence-electron chi connectivity index (χ2n) is 8.56. The molecule has 0 aromatic carbocycles. The Morgan fingerprint density at radius 1 is 0.542 bits per heavy atom. The molecule has 0 saturated heterocycles. The highest BCUT2D eigenvalue weighted by Gasteiger charge is 2.20. The van der Waals surface area contributed by atoms with Gasteiger partial charge in [0.25, 0.3) is 0 Å². The maximum absolute atomic E-state index is 2.35. The van der Waals surface area contributed by atoms with Crippen LogP contribution in [0.1, 0.15) is 117 Å². The van der Waals surface area contributed by atoms with E-state index < -0.39 is 0 Å². The fourth-order valence-electron chi connectivity index (χ4n) is 3.71. The van der Waals surface area contributed by atoms with E-state index in [1.807, 2.05) is 0 Å². The molecule has 0 saturated carbocycles. The summed E-state index contributed by atoms with van der Waals surface area (Å²) in [5.74, 6) is 0. The zero-order valence-corrected chi connectivity index (χ0v) is 18.5. The van der Waals surface area contributed by atoms with Crippen LogP contribution in [0.15, 0.2) is 0 Å². The smallest absolute Gasteiger partial charge is 0.0881 e. The average Bonchev–Trinajstić information content (AvgIpc) is 2.50. The molecule has 1 atom stereocenters. The molecule has 148 valence electrons. The predicted octanol–water partition coefficient (Wildman–Crippen LogP) is 4.35. The summed E-state index contributed by atoms with van der Waals surface area (Å²) >= 11 is 0. The van der Waals surface area contributed by atoms with Crippen LogP contribution in [0, 0.1) is 0 Å². The summed E-state index contributed by atoms with van der Waals surface area (Å²) in [4.78, 5) is 0. The molecule has 1 unspecified atom stereocenters. The first-order valence-corrected chi connectivity index (χ1v) is 10.8. The van der Waals surface area contributed by atoms with Crippen LogP contribution in [0.25, 0.3) is 0 Å². The summed E-state index contributed by atoms with van der Waals surface area (Å²) in [6, 6.07) is 0.854. The Bertz CT molecular complexity index is 235. The molecule has 24 heavy (non-hydrogen) atoms. The lowest BCUT2D eigenvalue weighted by Gasteiger charge is -2.33. The van der Waals surface area contributed by atoms with Crippen LogP contribution in [0.2, 0.25) is 0 Å². The molecule has 0 rings (SSSR count). The summed E-state index contributed by atoms with van der Waals surface area (Å²) in [6.45, 7) is 4.64. The number of hydrogen-bond donors (Lipinski definition) is 0. The Morgan fingerprint density at radius 3 is 1.17 bits per heavy atom. The van der Waals surface area contributed by atoms with E-state index >= 15 is 0 Å². The second-order valence-corrected chi connectivity index (χ2v) is 8.56. The van der Waals surface area contributed by atoms with Gasteiger partial charge in [0.1, 0.15) is 0 Å². The molecular formula is C22H48ClN. The minimum Gasteiger partial charge on any atom is -1.00 e. The van der Waals surface area contributed by atoms with Gasteiger partial charge in [0.05, 0.1) is 27.2 Å². The van der Waals surface area contributed by atoms with Crippen LogP contribution in [0.5, 0.6) is 0 Å². The molecule has 0 bridgehead atoms. The fourth-order valence-corrected chi connectivity index (χ4v) is 3.71. The largest absolute Gasteiger partial charge is 1.00 e. The molecule has 0 N–H and O–H groups in total. The van der Waals surface area contributed by atoms with Crippen LogP contribution < -0.4 is 12.4 Å². The summed E-state index contributed by atoms with van der Waals surface area (Å²) < 4.78 is 1.13. The quantitative estimate of drug-likeness (QED) is 0.267. The summed E-state index contributed by atoms with van der Waals surface area (Å²) in [5, 5.41) is 0. The van der Waals surface area contributed by atoms with Crippen LogP contribution in [-0.2, 0) is 0 Å². The fraction of sp³-hybridized carbons (Fsp3) is 1.00. The lowest BCUT2D eigenvalue weighted by Crippen LogP contribution is -3.00. The molecule has 0 aliphatic carbocycles. The third-order valence-corrected chi connectivity index (χ3v) is 5.46. The second kappa shape index (κ2) is 18.1. The molecule has 0 fully saturated rings. The van der Waals surface area contributed by atoms with Gasteiger partial charge in [0, 0.05) is 0 Å². The Labute approximate surface area is 161 Å². The first kappa shape index (κ1) is 26.5. The number of rotatable bonds is 17. The highest BCUT2D eigenvalue weighted by molar-refractivity contribution is 4.56. The number of unbranched alkanes of at least 4 members (excludes halogenated alkanes) is 13. The summed E-state index contributed by atoms with van der Waals surface area (Å²) in [7, 11) is 7.04. The summed E-state index contributed by atoms with van der Waals surface area (Å²) in [6.07, 6.45) is 23.2. The van der Waals surface area contributed by atoms with Crippen molar-refractivity contribution >= 4 is 0 Å². The minimum atomic E-state index is 0. The standard InChI is InChI=1S/C22H48N.ClH/c1-6-8-9-10-11-12-13-14-15-16-17-18-19-20-21-22(7-2)23(3,4)5;/h22H,6-21H2,1-5H3;1H/q+1;/p-1. The highest BCUT2D eigenvalue weighted by atomic mass is 35.5. The van der Waals surface area contributed by atoms with Crippen LogP contribution in [0.4, 0.5) is 0 Å². The van der Waals surface area contributed by atoms with E-state index in [1.54, 1.807) is 0 Å². The van der Waals surface area contributed by atoms with Crippen molar-refractivity contribution in [2.24, 2.45) is 0 Å². The molecule has 0 heterocycles. The van der Waals surface area contributed by atoms with E-state index in [0.717, 1.165) is 10.5 Å². The van der Waals surface area contributed by atoms with Gasteiger partial charge < -0.3 is 16.9 Å². The number of halogens is 1. The number of quaternary nitrogens is 1. The van der Waals surface area contributed by atoms with Gasteiger partial charge in [0.15, 0.2) is 0 Å². The van der Waals surface area contributed by atoms with Gasteiger partial charge in [-0.2, -0.15) is 0 Å². The third kappa shape index (κ3) is 17.1. The van der Waals surface area contributed by atoms with E-state index in [0.29, 0.717) is 0 Å². The highest BCUT2D eigenvalue weighted by Crippen LogP contribution is 2.17. The van der Waals surface area contributed by atoms with Crippen molar-refractivity contribution in [2.45, 2.75) is 123 Å². The van der Waals surface area contributed by atoms with Crippen molar-refractivity contribution in [3.63, 3.8) is 0 Å². The van der Waals surface area contributed by atoms with Crippen molar-refractivity contribution < 1.29 is 16.9 Å². The first-order chi connectivity index (χ1) is 11.0.